The molecule has 1 aromatic rings. The second-order valence-corrected chi connectivity index (χ2v) is 12.9. The van der Waals surface area contributed by atoms with Gasteiger partial charge in [-0.15, -0.1) is 0 Å². The monoisotopic (exact) mass is 490 g/mol. The van der Waals surface area contributed by atoms with Gasteiger partial charge in [-0.2, -0.15) is 0 Å². The van der Waals surface area contributed by atoms with E-state index in [1.165, 1.54) is 0 Å². The fraction of sp³-hybridized carbons (Fsp3) is 0.714. The van der Waals surface area contributed by atoms with Crippen LogP contribution in [0.25, 0.3) is 0 Å². The number of carbonyl (C=O) groups excluding carboxylic acids is 2. The lowest BCUT2D eigenvalue weighted by Crippen LogP contribution is -2.58. The van der Waals surface area contributed by atoms with Gasteiger partial charge >= 0.3 is 11.9 Å². The van der Waals surface area contributed by atoms with Gasteiger partial charge in [0, 0.05) is 17.5 Å². The molecule has 1 aliphatic heterocycles. The van der Waals surface area contributed by atoms with E-state index in [-0.39, 0.29) is 36.7 Å². The maximum absolute atomic E-state index is 12.4. The van der Waals surface area contributed by atoms with Gasteiger partial charge in [-0.25, -0.2) is 0 Å². The molecule has 1 N–H and O–H groups in total. The summed E-state index contributed by atoms with van der Waals surface area (Å²) in [5.74, 6) is 0.588. The van der Waals surface area contributed by atoms with Gasteiger partial charge in [-0.1, -0.05) is 13.8 Å². The Kier molecular flexibility index (Phi) is 7.26. The highest BCUT2D eigenvalue weighted by atomic mass is 16.7. The van der Waals surface area contributed by atoms with Crippen molar-refractivity contribution in [3.8, 4) is 11.5 Å². The molecule has 0 amide bonds. The topological polar surface area (TPSA) is 91.3 Å². The summed E-state index contributed by atoms with van der Waals surface area (Å²) in [5.41, 5.74) is -0.337. The third-order valence-corrected chi connectivity index (χ3v) is 7.41. The third-order valence-electron chi connectivity index (χ3n) is 7.41. The van der Waals surface area contributed by atoms with Crippen LogP contribution in [0.5, 0.6) is 11.5 Å². The number of esters is 2. The van der Waals surface area contributed by atoms with Crippen LogP contribution in [-0.2, 0) is 32.1 Å². The number of aliphatic hydroxyl groups excluding tert-OH is 1. The van der Waals surface area contributed by atoms with Gasteiger partial charge in [-0.05, 0) is 84.8 Å². The standard InChI is InChI=1S/C28H42O7/c1-25(2,3)23(30)32-15-18-12-17-13-21-27(7,8)22(29)10-11-28(21,9)35-20(17)14-19(18)33-16-34-24(31)26(4,5)6/h12,14,21-22,29H,10-11,13,15-16H2,1-9H3/t21-,22-,28-/m1/s1. The molecule has 3 rings (SSSR count). The highest BCUT2D eigenvalue weighted by Gasteiger charge is 2.54. The molecule has 0 unspecified atom stereocenters. The number of hydrogen-bond acceptors (Lipinski definition) is 7. The molecule has 1 fully saturated rings. The molecule has 1 aromatic carbocycles. The molecule has 0 bridgehead atoms. The van der Waals surface area contributed by atoms with Crippen molar-refractivity contribution in [2.24, 2.45) is 22.2 Å². The van der Waals surface area contributed by atoms with E-state index in [4.69, 9.17) is 18.9 Å². The minimum absolute atomic E-state index is 0.0277. The Balaban J connectivity index is 1.90. The van der Waals surface area contributed by atoms with Crippen LogP contribution >= 0.6 is 0 Å². The van der Waals surface area contributed by atoms with E-state index >= 15 is 0 Å². The highest BCUT2D eigenvalue weighted by molar-refractivity contribution is 5.75. The molecule has 1 saturated carbocycles. The lowest BCUT2D eigenvalue weighted by molar-refractivity contribution is -0.159. The van der Waals surface area contributed by atoms with Crippen molar-refractivity contribution in [3.05, 3.63) is 23.3 Å². The van der Waals surface area contributed by atoms with E-state index in [2.05, 4.69) is 20.8 Å². The summed E-state index contributed by atoms with van der Waals surface area (Å²) in [7, 11) is 0. The molecule has 1 aliphatic carbocycles. The van der Waals surface area contributed by atoms with Gasteiger partial charge in [0.25, 0.3) is 0 Å². The number of rotatable bonds is 5. The Morgan fingerprint density at radius 3 is 2.23 bits per heavy atom. The van der Waals surface area contributed by atoms with E-state index in [1.54, 1.807) is 47.6 Å². The fourth-order valence-corrected chi connectivity index (χ4v) is 4.94. The summed E-state index contributed by atoms with van der Waals surface area (Å²) in [4.78, 5) is 24.6. The summed E-state index contributed by atoms with van der Waals surface area (Å²) in [6, 6.07) is 3.75. The van der Waals surface area contributed by atoms with Crippen molar-refractivity contribution in [2.75, 3.05) is 6.79 Å². The summed E-state index contributed by atoms with van der Waals surface area (Å²) < 4.78 is 23.3. The molecular weight excluding hydrogens is 448 g/mol. The SMILES string of the molecule is CC(C)(C)C(=O)OCOc1cc2c(cc1COC(=O)C(C)(C)C)C[C@@H]1C(C)(C)[C@H](O)CC[C@@]1(C)O2. The molecule has 7 nitrogen and oxygen atoms in total. The Hall–Kier alpha value is -2.28. The van der Waals surface area contributed by atoms with E-state index < -0.39 is 22.5 Å². The van der Waals surface area contributed by atoms with Gasteiger partial charge in [0.15, 0.2) is 0 Å². The molecule has 7 heteroatoms. The summed E-state index contributed by atoms with van der Waals surface area (Å²) in [6.07, 6.45) is 1.78. The first-order chi connectivity index (χ1) is 15.9. The average molecular weight is 491 g/mol. The summed E-state index contributed by atoms with van der Waals surface area (Å²) >= 11 is 0. The molecule has 0 spiro atoms. The predicted octanol–water partition coefficient (Wildman–Crippen LogP) is 5.19. The number of benzene rings is 1. The van der Waals surface area contributed by atoms with Crippen molar-refractivity contribution in [1.29, 1.82) is 0 Å². The zero-order chi connectivity index (χ0) is 26.4. The van der Waals surface area contributed by atoms with Gasteiger partial charge in [0.2, 0.25) is 6.79 Å². The first-order valence-electron chi connectivity index (χ1n) is 12.5. The predicted molar refractivity (Wildman–Crippen MR) is 132 cm³/mol. The Morgan fingerprint density at radius 2 is 1.63 bits per heavy atom. The smallest absolute Gasteiger partial charge is 0.314 e. The maximum atomic E-state index is 12.4. The van der Waals surface area contributed by atoms with Crippen molar-refractivity contribution in [1.82, 2.24) is 0 Å². The lowest BCUT2D eigenvalue weighted by atomic mass is 9.57. The van der Waals surface area contributed by atoms with Crippen molar-refractivity contribution in [3.63, 3.8) is 0 Å². The van der Waals surface area contributed by atoms with Gasteiger partial charge in [0.05, 0.1) is 16.9 Å². The average Bonchev–Trinajstić information content (AvgIpc) is 2.73. The van der Waals surface area contributed by atoms with E-state index in [0.29, 0.717) is 23.5 Å². The van der Waals surface area contributed by atoms with Crippen LogP contribution in [0.15, 0.2) is 12.1 Å². The van der Waals surface area contributed by atoms with Crippen LogP contribution in [0.2, 0.25) is 0 Å². The number of ether oxygens (including phenoxy) is 4. The first kappa shape index (κ1) is 27.3. The second kappa shape index (κ2) is 9.30. The maximum Gasteiger partial charge on any atom is 0.314 e. The van der Waals surface area contributed by atoms with Crippen LogP contribution in [0, 0.1) is 22.2 Å². The third kappa shape index (κ3) is 5.76. The zero-order valence-electron chi connectivity index (χ0n) is 22.7. The summed E-state index contributed by atoms with van der Waals surface area (Å²) in [6.45, 7) is 16.8. The minimum atomic E-state index is -0.644. The molecule has 196 valence electrons. The number of aliphatic hydroxyl groups is 1. The van der Waals surface area contributed by atoms with Gasteiger partial charge in [-0.3, -0.25) is 9.59 Å². The molecule has 0 saturated heterocycles. The van der Waals surface area contributed by atoms with Crippen molar-refractivity contribution < 1.29 is 33.6 Å². The Labute approximate surface area is 209 Å². The van der Waals surface area contributed by atoms with Crippen LogP contribution in [0.4, 0.5) is 0 Å². The minimum Gasteiger partial charge on any atom is -0.487 e. The van der Waals surface area contributed by atoms with Gasteiger partial charge in [0.1, 0.15) is 23.7 Å². The molecule has 3 atom stereocenters. The highest BCUT2D eigenvalue weighted by Crippen LogP contribution is 2.53. The summed E-state index contributed by atoms with van der Waals surface area (Å²) in [5, 5.41) is 10.7. The van der Waals surface area contributed by atoms with Crippen molar-refractivity contribution >= 4 is 11.9 Å². The zero-order valence-corrected chi connectivity index (χ0v) is 22.7. The molecule has 1 heterocycles. The number of hydrogen-bond donors (Lipinski definition) is 1. The molecule has 2 aliphatic rings. The first-order valence-corrected chi connectivity index (χ1v) is 12.5. The van der Waals surface area contributed by atoms with Crippen LogP contribution in [0.3, 0.4) is 0 Å². The normalized spacial score (nSPS) is 25.5. The lowest BCUT2D eigenvalue weighted by Gasteiger charge is -2.55. The Bertz CT molecular complexity index is 967. The molecule has 0 radical (unpaired) electrons. The molecule has 35 heavy (non-hydrogen) atoms. The van der Waals surface area contributed by atoms with Crippen LogP contribution in [0.1, 0.15) is 86.3 Å². The molecular formula is C28H42O7. The van der Waals surface area contributed by atoms with Gasteiger partial charge < -0.3 is 24.1 Å². The van der Waals surface area contributed by atoms with Crippen molar-refractivity contribution in [2.45, 2.75) is 99.9 Å². The second-order valence-electron chi connectivity index (χ2n) is 12.9. The quantitative estimate of drug-likeness (QED) is 0.448. The van der Waals surface area contributed by atoms with E-state index in [9.17, 15) is 14.7 Å². The number of carbonyl (C=O) groups is 2. The van der Waals surface area contributed by atoms with Crippen LogP contribution in [-0.4, -0.2) is 35.5 Å². The fourth-order valence-electron chi connectivity index (χ4n) is 4.94. The Morgan fingerprint density at radius 1 is 1.03 bits per heavy atom. The largest absolute Gasteiger partial charge is 0.487 e. The van der Waals surface area contributed by atoms with E-state index in [1.807, 2.05) is 6.07 Å². The molecule has 0 aromatic heterocycles. The number of fused-ring (bicyclic) bond motifs is 2. The van der Waals surface area contributed by atoms with Crippen LogP contribution < -0.4 is 9.47 Å². The van der Waals surface area contributed by atoms with E-state index in [0.717, 1.165) is 18.4 Å².